The van der Waals surface area contributed by atoms with Crippen LogP contribution in [0.5, 0.6) is 0 Å². The van der Waals surface area contributed by atoms with Crippen molar-refractivity contribution in [2.45, 2.75) is 456 Å². The van der Waals surface area contributed by atoms with E-state index in [1.54, 1.807) is 0 Å². The fourth-order valence-corrected chi connectivity index (χ4v) is 12.9. The maximum Gasteiger partial charge on any atom is 0.361 e. The molecule has 0 fully saturated rings. The summed E-state index contributed by atoms with van der Waals surface area (Å²) in [6, 6.07) is 0. The Kier molecular flexibility index (Phi) is 71.7. The smallest absolute Gasteiger partial charge is 0.361 e. The van der Waals surface area contributed by atoms with Crippen molar-refractivity contribution >= 4 is 17.9 Å². The quantitative estimate of drug-likeness (QED) is 0.0278. The monoisotopic (exact) mass is 1280 g/mol. The van der Waals surface area contributed by atoms with Crippen molar-refractivity contribution in [1.82, 2.24) is 0 Å². The van der Waals surface area contributed by atoms with E-state index in [-0.39, 0.29) is 38.2 Å². The molecule has 0 saturated carbocycles. The van der Waals surface area contributed by atoms with Crippen LogP contribution in [0.3, 0.4) is 0 Å². The Hall–Kier alpha value is -1.71. The molecule has 90 heavy (non-hydrogen) atoms. The summed E-state index contributed by atoms with van der Waals surface area (Å²) in [5.74, 6) is -1.96. The molecule has 0 aliphatic heterocycles. The molecule has 9 nitrogen and oxygen atoms in total. The Balaban J connectivity index is 3.94. The molecule has 0 spiro atoms. The topological polar surface area (TPSA) is 108 Å². The first-order chi connectivity index (χ1) is 44.1. The third-order valence-electron chi connectivity index (χ3n) is 19.1. The zero-order valence-electron chi connectivity index (χ0n) is 61.6. The number of esters is 2. The van der Waals surface area contributed by atoms with Crippen LogP contribution < -0.4 is 0 Å². The Morgan fingerprint density at radius 1 is 0.289 bits per heavy atom. The number of hydrogen-bond donors (Lipinski definition) is 1. The maximum atomic E-state index is 13.0. The van der Waals surface area contributed by atoms with Crippen molar-refractivity contribution < 1.29 is 42.9 Å². The summed E-state index contributed by atoms with van der Waals surface area (Å²) in [4.78, 5) is 37.7. The van der Waals surface area contributed by atoms with Crippen LogP contribution >= 0.6 is 0 Å². The Bertz CT molecular complexity index is 1440. The predicted octanol–water partition coefficient (Wildman–Crippen LogP) is 25.8. The molecular formula is C81H160NO8+. The van der Waals surface area contributed by atoms with Crippen LogP contribution in [0.1, 0.15) is 444 Å². The second-order valence-corrected chi connectivity index (χ2v) is 29.5. The van der Waals surface area contributed by atoms with Crippen molar-refractivity contribution in [2.24, 2.45) is 0 Å². The Labute approximate surface area is 562 Å². The zero-order chi connectivity index (χ0) is 65.4. The van der Waals surface area contributed by atoms with Crippen LogP contribution in [0, 0.1) is 0 Å². The largest absolute Gasteiger partial charge is 0.477 e. The van der Waals surface area contributed by atoms with Gasteiger partial charge < -0.3 is 28.5 Å². The number of hydrogen-bond acceptors (Lipinski definition) is 7. The van der Waals surface area contributed by atoms with Crippen LogP contribution in [0.25, 0.3) is 0 Å². The highest BCUT2D eigenvalue weighted by atomic mass is 16.7. The van der Waals surface area contributed by atoms with Crippen molar-refractivity contribution in [1.29, 1.82) is 0 Å². The second-order valence-electron chi connectivity index (χ2n) is 29.5. The number of nitrogens with zero attached hydrogens (tertiary/aromatic N) is 1. The van der Waals surface area contributed by atoms with Crippen molar-refractivity contribution in [2.75, 3.05) is 47.5 Å². The maximum absolute atomic E-state index is 13.0. The number of carboxylic acids is 1. The third kappa shape index (κ3) is 73.7. The van der Waals surface area contributed by atoms with Gasteiger partial charge in [-0.2, -0.15) is 0 Å². The molecular weight excluding hydrogens is 1110 g/mol. The van der Waals surface area contributed by atoms with Gasteiger partial charge in [0, 0.05) is 12.8 Å². The summed E-state index contributed by atoms with van der Waals surface area (Å²) in [7, 11) is 6.01. The van der Waals surface area contributed by atoms with Gasteiger partial charge in [-0.25, -0.2) is 4.79 Å². The molecule has 1 N–H and O–H groups in total. The van der Waals surface area contributed by atoms with E-state index in [1.807, 2.05) is 21.1 Å². The van der Waals surface area contributed by atoms with E-state index in [9.17, 15) is 19.5 Å². The fraction of sp³-hybridized carbons (Fsp3) is 0.963. The number of ether oxygens (including phenoxy) is 4. The average Bonchev–Trinajstić information content (AvgIpc) is 3.72. The molecule has 0 aromatic carbocycles. The highest BCUT2D eigenvalue weighted by Gasteiger charge is 2.25. The summed E-state index contributed by atoms with van der Waals surface area (Å²) >= 11 is 0. The van der Waals surface area contributed by atoms with Crippen molar-refractivity contribution in [3.63, 3.8) is 0 Å². The van der Waals surface area contributed by atoms with Crippen LogP contribution in [-0.2, 0) is 33.3 Å². The zero-order valence-corrected chi connectivity index (χ0v) is 61.6. The van der Waals surface area contributed by atoms with Gasteiger partial charge in [0.05, 0.1) is 34.4 Å². The highest BCUT2D eigenvalue weighted by molar-refractivity contribution is 5.71. The number of quaternary nitrogens is 1. The van der Waals surface area contributed by atoms with Gasteiger partial charge >= 0.3 is 17.9 Å². The minimum absolute atomic E-state index is 0.172. The van der Waals surface area contributed by atoms with E-state index in [1.165, 1.54) is 379 Å². The Morgan fingerprint density at radius 2 is 0.500 bits per heavy atom. The minimum atomic E-state index is -1.51. The summed E-state index contributed by atoms with van der Waals surface area (Å²) in [5.41, 5.74) is 0. The summed E-state index contributed by atoms with van der Waals surface area (Å²) in [5, 5.41) is 9.77. The van der Waals surface area contributed by atoms with E-state index in [0.29, 0.717) is 17.4 Å². The molecule has 0 aliphatic carbocycles. The molecule has 536 valence electrons. The lowest BCUT2D eigenvalue weighted by atomic mass is 10.0. The average molecular weight is 1280 g/mol. The Morgan fingerprint density at radius 3 is 0.711 bits per heavy atom. The van der Waals surface area contributed by atoms with Gasteiger partial charge in [-0.3, -0.25) is 9.59 Å². The van der Waals surface area contributed by atoms with Crippen molar-refractivity contribution in [3.8, 4) is 0 Å². The van der Waals surface area contributed by atoms with E-state index in [0.717, 1.165) is 38.5 Å². The standard InChI is InChI=1S/C81H159NO8/c1-6-8-10-12-14-16-18-20-22-24-26-28-30-32-34-36-38-40-42-44-46-48-50-52-54-56-58-60-62-64-66-68-70-72-79(84)90-77(76-89-81(80(85)86)87-74-73-82(3,4)5)75-88-78(83)71-69-67-65-63-61-59-57-55-53-51-49-47-45-43-41-39-37-35-33-31-29-27-25-23-21-19-17-15-13-11-9-7-2/h77,81H,6-76H2,1-5H3/p+1. The molecule has 0 rings (SSSR count). The van der Waals surface area contributed by atoms with Gasteiger partial charge in [0.2, 0.25) is 0 Å². The predicted molar refractivity (Wildman–Crippen MR) is 388 cm³/mol. The minimum Gasteiger partial charge on any atom is -0.477 e. The van der Waals surface area contributed by atoms with E-state index in [2.05, 4.69) is 13.8 Å². The lowest BCUT2D eigenvalue weighted by Gasteiger charge is -2.25. The van der Waals surface area contributed by atoms with Crippen molar-refractivity contribution in [3.05, 3.63) is 0 Å². The van der Waals surface area contributed by atoms with E-state index < -0.39 is 18.4 Å². The van der Waals surface area contributed by atoms with Gasteiger partial charge in [0.15, 0.2) is 6.10 Å². The van der Waals surface area contributed by atoms with E-state index >= 15 is 0 Å². The van der Waals surface area contributed by atoms with Crippen LogP contribution in [-0.4, -0.2) is 87.4 Å². The molecule has 0 saturated heterocycles. The first-order valence-electron chi connectivity index (χ1n) is 40.7. The molecule has 0 amide bonds. The normalized spacial score (nSPS) is 12.5. The van der Waals surface area contributed by atoms with Crippen LogP contribution in [0.4, 0.5) is 0 Å². The van der Waals surface area contributed by atoms with Gasteiger partial charge in [-0.05, 0) is 12.8 Å². The SMILES string of the molecule is CCCCCCCCCCCCCCCCCCCCCCCCCCCCCCCCCCCC(=O)OC(COC(=O)CCCCCCCCCCCCCCCCCCCCCCCCCCCCCCCCCC)COC(OCC[N+](C)(C)C)C(=O)O. The number of likely N-dealkylation sites (N-methyl/N-ethyl adjacent to an activating group) is 1. The lowest BCUT2D eigenvalue weighted by molar-refractivity contribution is -0.870. The molecule has 0 radical (unpaired) electrons. The first-order valence-corrected chi connectivity index (χ1v) is 40.7. The molecule has 2 unspecified atom stereocenters. The first kappa shape index (κ1) is 88.3. The molecule has 0 heterocycles. The second kappa shape index (κ2) is 73.1. The molecule has 0 aliphatic rings. The molecule has 9 heteroatoms. The molecule has 0 aromatic heterocycles. The van der Waals surface area contributed by atoms with Gasteiger partial charge in [0.1, 0.15) is 13.2 Å². The lowest BCUT2D eigenvalue weighted by Crippen LogP contribution is -2.40. The third-order valence-corrected chi connectivity index (χ3v) is 19.1. The summed E-state index contributed by atoms with van der Waals surface area (Å²) in [6.45, 7) is 4.99. The summed E-state index contributed by atoms with van der Waals surface area (Å²) in [6.07, 6.45) is 87.0. The number of aliphatic carboxylic acids is 1. The number of carbonyl (C=O) groups is 3. The number of unbranched alkanes of at least 4 members (excludes halogenated alkanes) is 63. The highest BCUT2D eigenvalue weighted by Crippen LogP contribution is 2.21. The van der Waals surface area contributed by atoms with Gasteiger partial charge in [0.25, 0.3) is 6.29 Å². The number of carboxylic acid groups (broad SMARTS) is 1. The molecule has 0 aromatic rings. The fourth-order valence-electron chi connectivity index (χ4n) is 12.9. The number of carbonyl (C=O) groups excluding carboxylic acids is 2. The van der Waals surface area contributed by atoms with E-state index in [4.69, 9.17) is 18.9 Å². The van der Waals surface area contributed by atoms with Gasteiger partial charge in [-0.1, -0.05) is 418 Å². The molecule has 0 bridgehead atoms. The summed E-state index contributed by atoms with van der Waals surface area (Å²) < 4.78 is 23.1. The van der Waals surface area contributed by atoms with Crippen LogP contribution in [0.15, 0.2) is 0 Å². The van der Waals surface area contributed by atoms with Crippen LogP contribution in [0.2, 0.25) is 0 Å². The number of rotatable bonds is 78. The van der Waals surface area contributed by atoms with Gasteiger partial charge in [-0.15, -0.1) is 0 Å². The molecule has 2 atom stereocenters.